The molecule has 0 aliphatic carbocycles. The Kier molecular flexibility index (Phi) is 116. The molecule has 0 fully saturated rings. The van der Waals surface area contributed by atoms with Crippen LogP contribution in [0.3, 0.4) is 0 Å². The Balaban J connectivity index is 8.82. The van der Waals surface area contributed by atoms with Gasteiger partial charge >= 0.3 is 11.8 Å². The summed E-state index contributed by atoms with van der Waals surface area (Å²) in [4.78, 5) is 0. The van der Waals surface area contributed by atoms with Crippen molar-refractivity contribution >= 4 is 0 Å². The van der Waals surface area contributed by atoms with E-state index in [9.17, 15) is 0 Å². The minimum absolute atomic E-state index is 0.330. The molecular formula is C128H258O8. The predicted octanol–water partition coefficient (Wildman–Crippen LogP) is 45.2. The fraction of sp³-hybridized carbons (Fsp3) is 1.00. The van der Waals surface area contributed by atoms with Crippen LogP contribution in [-0.4, -0.2) is 75.0 Å². The number of hydrogen-bond donors (Lipinski definition) is 1. The van der Waals surface area contributed by atoms with Crippen molar-refractivity contribution in [2.45, 2.75) is 779 Å². The Morgan fingerprint density at radius 2 is 0.250 bits per heavy atom. The van der Waals surface area contributed by atoms with Crippen LogP contribution < -0.4 is 0 Å². The first kappa shape index (κ1) is 136. The zero-order chi connectivity index (χ0) is 98.1. The maximum absolute atomic E-state index is 15.2. The van der Waals surface area contributed by atoms with E-state index >= 15 is 5.11 Å². The van der Waals surface area contributed by atoms with Crippen molar-refractivity contribution in [3.8, 4) is 0 Å². The van der Waals surface area contributed by atoms with Crippen molar-refractivity contribution in [1.29, 1.82) is 0 Å². The van der Waals surface area contributed by atoms with E-state index < -0.39 is 23.7 Å². The SMILES string of the molecule is CCCCCCCCCCCCCCCCOC(CCCCCCCCCCCC)C(OCCCCCCCCCCCCCCCC)(OCCCCCCCCCCCCCCCC)C(OCCCCCCCCCCCCCCCC)(OCCCCCCCCCCCCCCCC)C(O)(OCCCCCCCCCCCCCCCC)OCCCCCCCCCCCCCCCC. The summed E-state index contributed by atoms with van der Waals surface area (Å²) >= 11 is 0. The second kappa shape index (κ2) is 117. The van der Waals surface area contributed by atoms with E-state index in [4.69, 9.17) is 33.2 Å². The number of ether oxygens (including phenoxy) is 7. The monoisotopic (exact) mass is 1920 g/mol. The summed E-state index contributed by atoms with van der Waals surface area (Å²) in [7, 11) is 0. The molecule has 0 saturated heterocycles. The summed E-state index contributed by atoms with van der Waals surface area (Å²) in [5.41, 5.74) is 0. The highest BCUT2D eigenvalue weighted by Gasteiger charge is 2.74. The standard InChI is InChI=1S/C128H258O8/c1-9-17-25-33-41-49-57-64-71-78-86-94-102-110-118-130-125(117-109-101-93-85-56-48-40-32-24-16-8)126(131-119-111-103-95-87-79-72-65-58-50-42-34-26-18-10-2,132-120-112-104-96-88-80-73-66-59-51-43-35-27-19-11-3)127(133-121-113-105-97-89-81-74-67-60-52-44-36-28-20-12-4,134-122-114-106-98-90-82-75-68-61-53-45-37-29-21-13-5)128(129,135-123-115-107-99-91-83-76-69-62-54-46-38-30-22-14-6)136-124-116-108-100-92-84-77-70-63-55-47-39-31-23-15-7/h125,129H,9-124H2,1-8H3. The molecule has 0 saturated carbocycles. The fourth-order valence-electron chi connectivity index (χ4n) is 21.3. The molecule has 0 aromatic rings. The van der Waals surface area contributed by atoms with Crippen molar-refractivity contribution in [2.24, 2.45) is 0 Å². The topological polar surface area (TPSA) is 84.8 Å². The van der Waals surface area contributed by atoms with Crippen molar-refractivity contribution < 1.29 is 38.3 Å². The van der Waals surface area contributed by atoms with E-state index in [1.807, 2.05) is 0 Å². The highest BCUT2D eigenvalue weighted by molar-refractivity contribution is 5.03. The zero-order valence-electron chi connectivity index (χ0n) is 95.4. The Labute approximate surface area is 858 Å². The van der Waals surface area contributed by atoms with Crippen molar-refractivity contribution in [1.82, 2.24) is 0 Å². The molecule has 0 aromatic carbocycles. The summed E-state index contributed by atoms with van der Waals surface area (Å²) in [6.07, 6.45) is 139. The second-order valence-corrected chi connectivity index (χ2v) is 44.5. The molecule has 8 nitrogen and oxygen atoms in total. The third kappa shape index (κ3) is 91.1. The van der Waals surface area contributed by atoms with E-state index in [1.165, 1.54) is 578 Å². The van der Waals surface area contributed by atoms with Crippen LogP contribution in [-0.2, 0) is 33.2 Å². The normalized spacial score (nSPS) is 12.5. The molecule has 1 N–H and O–H groups in total. The highest BCUT2D eigenvalue weighted by Crippen LogP contribution is 2.49. The van der Waals surface area contributed by atoms with Crippen LogP contribution in [0.4, 0.5) is 0 Å². The van der Waals surface area contributed by atoms with Gasteiger partial charge in [0.05, 0.1) is 39.6 Å². The summed E-state index contributed by atoms with van der Waals surface area (Å²) < 4.78 is 55.9. The molecule has 1 atom stereocenters. The Morgan fingerprint density at radius 1 is 0.132 bits per heavy atom. The first-order valence-corrected chi connectivity index (χ1v) is 64.6. The van der Waals surface area contributed by atoms with Gasteiger partial charge in [0.25, 0.3) is 5.79 Å². The van der Waals surface area contributed by atoms with Gasteiger partial charge in [-0.25, -0.2) is 0 Å². The fourth-order valence-corrected chi connectivity index (χ4v) is 21.3. The van der Waals surface area contributed by atoms with Gasteiger partial charge in [0.2, 0.25) is 0 Å². The van der Waals surface area contributed by atoms with Crippen LogP contribution in [0.1, 0.15) is 755 Å². The molecule has 136 heavy (non-hydrogen) atoms. The molecule has 0 radical (unpaired) electrons. The van der Waals surface area contributed by atoms with Gasteiger partial charge in [-0.15, -0.1) is 0 Å². The molecular weight excluding hydrogens is 1670 g/mol. The first-order valence-electron chi connectivity index (χ1n) is 64.6. The Hall–Kier alpha value is -0.320. The Bertz CT molecular complexity index is 2000. The molecule has 0 aliphatic heterocycles. The van der Waals surface area contributed by atoms with E-state index in [-0.39, 0.29) is 0 Å². The van der Waals surface area contributed by atoms with Gasteiger partial charge in [0.1, 0.15) is 6.10 Å². The smallest absolute Gasteiger partial charge is 0.344 e. The molecule has 1 unspecified atom stereocenters. The van der Waals surface area contributed by atoms with Crippen LogP contribution in [0.25, 0.3) is 0 Å². The molecule has 8 heteroatoms. The zero-order valence-corrected chi connectivity index (χ0v) is 95.4. The van der Waals surface area contributed by atoms with Gasteiger partial charge in [-0.2, -0.15) is 0 Å². The lowest BCUT2D eigenvalue weighted by molar-refractivity contribution is -0.555. The largest absolute Gasteiger partial charge is 0.372 e. The van der Waals surface area contributed by atoms with Crippen LogP contribution in [0.15, 0.2) is 0 Å². The molecule has 0 spiro atoms. The van der Waals surface area contributed by atoms with Crippen LogP contribution in [0, 0.1) is 0 Å². The van der Waals surface area contributed by atoms with Crippen molar-refractivity contribution in [2.75, 3.05) is 46.2 Å². The third-order valence-electron chi connectivity index (χ3n) is 30.8. The molecule has 0 amide bonds. The maximum Gasteiger partial charge on any atom is 0.344 e. The van der Waals surface area contributed by atoms with Gasteiger partial charge in [-0.3, -0.25) is 0 Å². The summed E-state index contributed by atoms with van der Waals surface area (Å²) in [5, 5.41) is 15.2. The van der Waals surface area contributed by atoms with Gasteiger partial charge in [-0.05, 0) is 51.4 Å². The highest BCUT2D eigenvalue weighted by atomic mass is 16.9. The van der Waals surface area contributed by atoms with Crippen molar-refractivity contribution in [3.63, 3.8) is 0 Å². The van der Waals surface area contributed by atoms with Gasteiger partial charge in [0, 0.05) is 6.61 Å². The lowest BCUT2D eigenvalue weighted by atomic mass is 9.90. The van der Waals surface area contributed by atoms with Crippen LogP contribution >= 0.6 is 0 Å². The first-order chi connectivity index (χ1) is 67.4. The Morgan fingerprint density at radius 3 is 0.404 bits per heavy atom. The molecule has 818 valence electrons. The molecule has 0 bridgehead atoms. The maximum atomic E-state index is 15.2. The van der Waals surface area contributed by atoms with E-state index in [1.54, 1.807) is 0 Å². The average molecular weight is 1930 g/mol. The van der Waals surface area contributed by atoms with Crippen LogP contribution in [0.2, 0.25) is 0 Å². The summed E-state index contributed by atoms with van der Waals surface area (Å²) in [6, 6.07) is 0. The second-order valence-electron chi connectivity index (χ2n) is 44.5. The van der Waals surface area contributed by atoms with Gasteiger partial charge in [-0.1, -0.05) is 704 Å². The van der Waals surface area contributed by atoms with Gasteiger partial charge in [0.15, 0.2) is 0 Å². The number of hydrogen-bond acceptors (Lipinski definition) is 8. The molecule has 0 aliphatic rings. The number of aliphatic hydroxyl groups is 1. The lowest BCUT2D eigenvalue weighted by Gasteiger charge is -2.56. The lowest BCUT2D eigenvalue weighted by Crippen LogP contribution is -2.78. The van der Waals surface area contributed by atoms with E-state index in [2.05, 4.69) is 55.4 Å². The summed E-state index contributed by atoms with van der Waals surface area (Å²) in [5.74, 6) is -6.21. The molecule has 0 aromatic heterocycles. The average Bonchev–Trinajstić information content (AvgIpc) is 0.714. The predicted molar refractivity (Wildman–Crippen MR) is 605 cm³/mol. The van der Waals surface area contributed by atoms with E-state index in [0.29, 0.717) is 52.7 Å². The quantitative estimate of drug-likeness (QED) is 0.0476. The number of rotatable bonds is 126. The minimum atomic E-state index is -2.40. The van der Waals surface area contributed by atoms with Crippen LogP contribution in [0.5, 0.6) is 0 Å². The molecule has 0 rings (SSSR count). The van der Waals surface area contributed by atoms with Crippen molar-refractivity contribution in [3.05, 3.63) is 0 Å². The number of unbranched alkanes of at least 4 members (excludes halogenated alkanes) is 100. The molecule has 0 heterocycles. The minimum Gasteiger partial charge on any atom is -0.372 e. The summed E-state index contributed by atoms with van der Waals surface area (Å²) in [6.45, 7) is 21.6. The van der Waals surface area contributed by atoms with Gasteiger partial charge < -0.3 is 38.3 Å². The third-order valence-corrected chi connectivity index (χ3v) is 30.8. The van der Waals surface area contributed by atoms with E-state index in [0.717, 1.165) is 116 Å².